The van der Waals surface area contributed by atoms with E-state index in [1.807, 2.05) is 6.92 Å². The van der Waals surface area contributed by atoms with E-state index >= 15 is 0 Å². The third-order valence-corrected chi connectivity index (χ3v) is 3.12. The summed E-state index contributed by atoms with van der Waals surface area (Å²) in [5, 5.41) is 6.57. The van der Waals surface area contributed by atoms with E-state index in [0.29, 0.717) is 6.10 Å². The van der Waals surface area contributed by atoms with Crippen LogP contribution < -0.4 is 10.6 Å². The molecule has 0 aromatic heterocycles. The van der Waals surface area contributed by atoms with Crippen LogP contribution in [0.15, 0.2) is 4.99 Å². The third kappa shape index (κ3) is 9.66. The smallest absolute Gasteiger partial charge is 0.191 e. The van der Waals surface area contributed by atoms with E-state index in [1.165, 1.54) is 0 Å². The molecular weight excluding hydrogens is 270 g/mol. The summed E-state index contributed by atoms with van der Waals surface area (Å²) in [5.74, 6) is 0.873. The van der Waals surface area contributed by atoms with E-state index in [4.69, 9.17) is 14.2 Å². The van der Waals surface area contributed by atoms with Crippen LogP contribution in [0, 0.1) is 0 Å². The summed E-state index contributed by atoms with van der Waals surface area (Å²) in [6.07, 6.45) is 3.25. The van der Waals surface area contributed by atoms with Gasteiger partial charge in [-0.2, -0.15) is 0 Å². The molecule has 21 heavy (non-hydrogen) atoms. The minimum atomic E-state index is 0.297. The second kappa shape index (κ2) is 12.9. The van der Waals surface area contributed by atoms with Gasteiger partial charge in [0.1, 0.15) is 0 Å². The van der Waals surface area contributed by atoms with Crippen molar-refractivity contribution in [1.82, 2.24) is 10.6 Å². The average molecular weight is 301 g/mol. The van der Waals surface area contributed by atoms with Crippen molar-refractivity contribution in [1.29, 1.82) is 0 Å². The quantitative estimate of drug-likeness (QED) is 0.341. The van der Waals surface area contributed by atoms with Gasteiger partial charge < -0.3 is 24.8 Å². The molecule has 0 bridgehead atoms. The van der Waals surface area contributed by atoms with Crippen LogP contribution in [0.5, 0.6) is 0 Å². The average Bonchev–Trinajstić information content (AvgIpc) is 3.00. The van der Waals surface area contributed by atoms with Crippen LogP contribution in [-0.4, -0.2) is 64.7 Å². The number of guanidine groups is 1. The van der Waals surface area contributed by atoms with Crippen LogP contribution in [0.3, 0.4) is 0 Å². The molecule has 0 saturated carbocycles. The molecule has 6 heteroatoms. The molecule has 0 aliphatic carbocycles. The summed E-state index contributed by atoms with van der Waals surface area (Å²) in [6.45, 7) is 10.5. The van der Waals surface area contributed by atoms with Crippen molar-refractivity contribution in [2.45, 2.75) is 39.2 Å². The number of hydrogen-bond donors (Lipinski definition) is 2. The second-order valence-electron chi connectivity index (χ2n) is 4.95. The van der Waals surface area contributed by atoms with Crippen molar-refractivity contribution in [2.75, 3.05) is 52.7 Å². The first-order valence-corrected chi connectivity index (χ1v) is 8.16. The fraction of sp³-hybridized carbons (Fsp3) is 0.933. The van der Waals surface area contributed by atoms with Gasteiger partial charge in [-0.3, -0.25) is 4.99 Å². The van der Waals surface area contributed by atoms with Gasteiger partial charge in [-0.25, -0.2) is 0 Å². The van der Waals surface area contributed by atoms with Gasteiger partial charge in [0, 0.05) is 46.1 Å². The van der Waals surface area contributed by atoms with Crippen LogP contribution >= 0.6 is 0 Å². The lowest BCUT2D eigenvalue weighted by atomic mass is 10.3. The SMILES string of the molecule is CCNC(=NCCCOCC)NCCCOC1CCOC1. The molecule has 0 aromatic carbocycles. The van der Waals surface area contributed by atoms with Gasteiger partial charge >= 0.3 is 0 Å². The third-order valence-electron chi connectivity index (χ3n) is 3.12. The van der Waals surface area contributed by atoms with Crippen molar-refractivity contribution in [3.63, 3.8) is 0 Å². The fourth-order valence-electron chi connectivity index (χ4n) is 2.02. The first-order valence-electron chi connectivity index (χ1n) is 8.16. The van der Waals surface area contributed by atoms with E-state index in [0.717, 1.165) is 77.9 Å². The number of nitrogens with zero attached hydrogens (tertiary/aromatic N) is 1. The highest BCUT2D eigenvalue weighted by Gasteiger charge is 2.15. The lowest BCUT2D eigenvalue weighted by molar-refractivity contribution is 0.0420. The molecule has 0 amide bonds. The molecule has 0 spiro atoms. The lowest BCUT2D eigenvalue weighted by Gasteiger charge is -2.13. The number of rotatable bonds is 11. The minimum Gasteiger partial charge on any atom is -0.382 e. The van der Waals surface area contributed by atoms with Gasteiger partial charge in [-0.05, 0) is 33.1 Å². The van der Waals surface area contributed by atoms with Gasteiger partial charge in [0.15, 0.2) is 5.96 Å². The Morgan fingerprint density at radius 2 is 2.14 bits per heavy atom. The molecule has 2 N–H and O–H groups in total. The lowest BCUT2D eigenvalue weighted by Crippen LogP contribution is -2.38. The van der Waals surface area contributed by atoms with Gasteiger partial charge in [-0.1, -0.05) is 0 Å². The Balaban J connectivity index is 2.04. The highest BCUT2D eigenvalue weighted by Crippen LogP contribution is 2.07. The van der Waals surface area contributed by atoms with Gasteiger partial charge in [0.05, 0.1) is 12.7 Å². The number of nitrogens with one attached hydrogen (secondary N) is 2. The Morgan fingerprint density at radius 3 is 2.86 bits per heavy atom. The van der Waals surface area contributed by atoms with Gasteiger partial charge in [0.2, 0.25) is 0 Å². The van der Waals surface area contributed by atoms with E-state index in [9.17, 15) is 0 Å². The first-order chi connectivity index (χ1) is 10.4. The number of hydrogen-bond acceptors (Lipinski definition) is 4. The molecule has 124 valence electrons. The molecule has 0 aromatic rings. The van der Waals surface area contributed by atoms with Crippen LogP contribution in [0.4, 0.5) is 0 Å². The Bertz CT molecular complexity index is 269. The summed E-state index contributed by atoms with van der Waals surface area (Å²) in [5.41, 5.74) is 0. The van der Waals surface area contributed by atoms with Crippen LogP contribution in [0.2, 0.25) is 0 Å². The Labute approximate surface area is 128 Å². The van der Waals surface area contributed by atoms with Crippen molar-refractivity contribution < 1.29 is 14.2 Å². The number of aliphatic imine (C=N–C) groups is 1. The molecule has 6 nitrogen and oxygen atoms in total. The zero-order valence-corrected chi connectivity index (χ0v) is 13.5. The Kier molecular flexibility index (Phi) is 11.1. The monoisotopic (exact) mass is 301 g/mol. The standard InChI is InChI=1S/C15H31N3O3/c1-3-16-15(17-8-5-10-19-4-2)18-9-6-11-21-14-7-12-20-13-14/h14H,3-13H2,1-2H3,(H2,16,17,18). The Morgan fingerprint density at radius 1 is 1.24 bits per heavy atom. The van der Waals surface area contributed by atoms with Crippen molar-refractivity contribution >= 4 is 5.96 Å². The molecular formula is C15H31N3O3. The van der Waals surface area contributed by atoms with E-state index in [1.54, 1.807) is 0 Å². The molecule has 1 rings (SSSR count). The second-order valence-corrected chi connectivity index (χ2v) is 4.95. The summed E-state index contributed by atoms with van der Waals surface area (Å²) in [7, 11) is 0. The maximum Gasteiger partial charge on any atom is 0.191 e. The highest BCUT2D eigenvalue weighted by atomic mass is 16.5. The molecule has 0 radical (unpaired) electrons. The van der Waals surface area contributed by atoms with Gasteiger partial charge in [0.25, 0.3) is 0 Å². The van der Waals surface area contributed by atoms with Crippen molar-refractivity contribution in [3.8, 4) is 0 Å². The van der Waals surface area contributed by atoms with E-state index in [2.05, 4.69) is 22.5 Å². The Hall–Kier alpha value is -0.850. The van der Waals surface area contributed by atoms with E-state index in [-0.39, 0.29) is 0 Å². The van der Waals surface area contributed by atoms with Crippen molar-refractivity contribution in [3.05, 3.63) is 0 Å². The maximum absolute atomic E-state index is 5.73. The topological polar surface area (TPSA) is 64.1 Å². The summed E-state index contributed by atoms with van der Waals surface area (Å²) in [6, 6.07) is 0. The molecule has 1 heterocycles. The van der Waals surface area contributed by atoms with Crippen LogP contribution in [-0.2, 0) is 14.2 Å². The van der Waals surface area contributed by atoms with Crippen molar-refractivity contribution in [2.24, 2.45) is 4.99 Å². The zero-order valence-electron chi connectivity index (χ0n) is 13.5. The molecule has 1 aliphatic rings. The van der Waals surface area contributed by atoms with Crippen LogP contribution in [0.1, 0.15) is 33.1 Å². The first kappa shape index (κ1) is 18.2. The van der Waals surface area contributed by atoms with Gasteiger partial charge in [-0.15, -0.1) is 0 Å². The largest absolute Gasteiger partial charge is 0.382 e. The van der Waals surface area contributed by atoms with E-state index < -0.39 is 0 Å². The zero-order chi connectivity index (χ0) is 15.2. The molecule has 1 atom stereocenters. The van der Waals surface area contributed by atoms with Crippen LogP contribution in [0.25, 0.3) is 0 Å². The number of ether oxygens (including phenoxy) is 3. The normalized spacial score (nSPS) is 19.0. The maximum atomic E-state index is 5.73. The predicted octanol–water partition coefficient (Wildman–Crippen LogP) is 1.16. The summed E-state index contributed by atoms with van der Waals surface area (Å²) < 4.78 is 16.3. The summed E-state index contributed by atoms with van der Waals surface area (Å²) in [4.78, 5) is 4.51. The minimum absolute atomic E-state index is 0.297. The molecule has 1 unspecified atom stereocenters. The summed E-state index contributed by atoms with van der Waals surface area (Å²) >= 11 is 0. The highest BCUT2D eigenvalue weighted by molar-refractivity contribution is 5.79. The molecule has 1 fully saturated rings. The molecule has 1 saturated heterocycles. The fourth-order valence-corrected chi connectivity index (χ4v) is 2.02. The molecule has 1 aliphatic heterocycles. The predicted molar refractivity (Wildman–Crippen MR) is 84.9 cm³/mol.